The van der Waals surface area contributed by atoms with E-state index >= 15 is 0 Å². The van der Waals surface area contributed by atoms with Gasteiger partial charge in [0.05, 0.1) is 5.75 Å². The molecule has 0 aromatic carbocycles. The Morgan fingerprint density at radius 1 is 1.69 bits per heavy atom. The summed E-state index contributed by atoms with van der Waals surface area (Å²) < 4.78 is 24.6. The number of sulfonamides is 1. The predicted molar refractivity (Wildman–Crippen MR) is 52.4 cm³/mol. The van der Waals surface area contributed by atoms with Crippen LogP contribution in [0.2, 0.25) is 0 Å². The molecule has 13 heavy (non-hydrogen) atoms. The quantitative estimate of drug-likeness (QED) is 0.674. The number of rotatable bonds is 3. The van der Waals surface area contributed by atoms with Gasteiger partial charge in [0.15, 0.2) is 0 Å². The number of nitrogens with two attached hydrogens (primary N) is 1. The first-order valence-corrected chi connectivity index (χ1v) is 5.73. The van der Waals surface area contributed by atoms with E-state index < -0.39 is 10.0 Å². The van der Waals surface area contributed by atoms with Crippen LogP contribution in [0.15, 0.2) is 23.9 Å². The maximum Gasteiger partial charge on any atom is 0.211 e. The van der Waals surface area contributed by atoms with Gasteiger partial charge >= 0.3 is 0 Å². The van der Waals surface area contributed by atoms with Crippen LogP contribution in [0.1, 0.15) is 6.42 Å². The second-order valence-corrected chi connectivity index (χ2v) is 5.05. The van der Waals surface area contributed by atoms with Crippen molar-refractivity contribution in [3.63, 3.8) is 0 Å². The Balaban J connectivity index is 2.59. The van der Waals surface area contributed by atoms with Crippen LogP contribution in [0.4, 0.5) is 0 Å². The second kappa shape index (κ2) is 3.93. The zero-order valence-corrected chi connectivity index (χ0v) is 8.34. The van der Waals surface area contributed by atoms with E-state index in [0.717, 1.165) is 5.70 Å². The Labute approximate surface area is 78.6 Å². The van der Waals surface area contributed by atoms with Crippen molar-refractivity contribution in [2.75, 3.05) is 12.8 Å². The van der Waals surface area contributed by atoms with Crippen molar-refractivity contribution in [3.8, 4) is 0 Å². The van der Waals surface area contributed by atoms with Gasteiger partial charge in [0, 0.05) is 5.70 Å². The van der Waals surface area contributed by atoms with Crippen LogP contribution < -0.4 is 10.5 Å². The molecular formula is C8H14N2O2S. The van der Waals surface area contributed by atoms with E-state index in [0.29, 0.717) is 6.42 Å². The molecule has 0 aromatic heterocycles. The van der Waals surface area contributed by atoms with E-state index in [1.54, 1.807) is 12.2 Å². The zero-order chi connectivity index (χ0) is 9.90. The van der Waals surface area contributed by atoms with E-state index in [9.17, 15) is 8.42 Å². The van der Waals surface area contributed by atoms with E-state index in [1.807, 2.05) is 6.08 Å². The van der Waals surface area contributed by atoms with Crippen LogP contribution in [0.3, 0.4) is 0 Å². The lowest BCUT2D eigenvalue weighted by Gasteiger charge is -2.15. The second-order valence-electron chi connectivity index (χ2n) is 3.08. The van der Waals surface area contributed by atoms with Crippen LogP contribution in [-0.4, -0.2) is 21.2 Å². The lowest BCUT2D eigenvalue weighted by Crippen LogP contribution is -2.27. The standard InChI is InChI=1S/C8H14N2O2S/c1-10-13(11,12)6-7-3-2-4-8(9)5-7/h2-4,7,10H,5-6,9H2,1H3. The first-order valence-electron chi connectivity index (χ1n) is 4.07. The van der Waals surface area contributed by atoms with Crippen molar-refractivity contribution in [2.24, 2.45) is 11.7 Å². The van der Waals surface area contributed by atoms with Gasteiger partial charge < -0.3 is 5.73 Å². The maximum absolute atomic E-state index is 11.2. The van der Waals surface area contributed by atoms with E-state index in [1.165, 1.54) is 7.05 Å². The SMILES string of the molecule is CNS(=O)(=O)CC1C=CC=C(N)C1. The van der Waals surface area contributed by atoms with Gasteiger partial charge in [-0.05, 0) is 25.5 Å². The number of allylic oxidation sites excluding steroid dienone is 4. The molecular weight excluding hydrogens is 188 g/mol. The third-order valence-corrected chi connectivity index (χ3v) is 3.42. The van der Waals surface area contributed by atoms with E-state index in [4.69, 9.17) is 5.73 Å². The highest BCUT2D eigenvalue weighted by Gasteiger charge is 2.17. The molecule has 0 saturated heterocycles. The molecule has 0 aromatic rings. The summed E-state index contributed by atoms with van der Waals surface area (Å²) in [5, 5.41) is 0. The first-order chi connectivity index (χ1) is 6.03. The molecule has 1 aliphatic carbocycles. The van der Waals surface area contributed by atoms with E-state index in [2.05, 4.69) is 4.72 Å². The zero-order valence-electron chi connectivity index (χ0n) is 7.53. The molecule has 0 bridgehead atoms. The van der Waals surface area contributed by atoms with Crippen molar-refractivity contribution >= 4 is 10.0 Å². The minimum atomic E-state index is -3.13. The van der Waals surface area contributed by atoms with Gasteiger partial charge in [0.2, 0.25) is 10.0 Å². The number of hydrogen-bond acceptors (Lipinski definition) is 3. The monoisotopic (exact) mass is 202 g/mol. The average Bonchev–Trinajstić information content (AvgIpc) is 2.03. The van der Waals surface area contributed by atoms with Crippen molar-refractivity contribution in [1.82, 2.24) is 4.72 Å². The van der Waals surface area contributed by atoms with Gasteiger partial charge in [-0.3, -0.25) is 0 Å². The number of nitrogens with one attached hydrogen (secondary N) is 1. The Morgan fingerprint density at radius 3 is 2.92 bits per heavy atom. The Hall–Kier alpha value is -0.810. The summed E-state index contributed by atoms with van der Waals surface area (Å²) in [6, 6.07) is 0. The van der Waals surface area contributed by atoms with Crippen LogP contribution in [0, 0.1) is 5.92 Å². The molecule has 1 aliphatic rings. The molecule has 3 N–H and O–H groups in total. The Morgan fingerprint density at radius 2 is 2.38 bits per heavy atom. The van der Waals surface area contributed by atoms with Crippen molar-refractivity contribution in [1.29, 1.82) is 0 Å². The molecule has 0 aliphatic heterocycles. The van der Waals surface area contributed by atoms with Gasteiger partial charge in [0.1, 0.15) is 0 Å². The maximum atomic E-state index is 11.2. The lowest BCUT2D eigenvalue weighted by molar-refractivity contribution is 0.573. The molecule has 1 atom stereocenters. The molecule has 1 unspecified atom stereocenters. The summed E-state index contributed by atoms with van der Waals surface area (Å²) in [6.45, 7) is 0. The normalized spacial score (nSPS) is 22.8. The predicted octanol–water partition coefficient (Wildman–Crippen LogP) is -0.0457. The van der Waals surface area contributed by atoms with Crippen molar-refractivity contribution < 1.29 is 8.42 Å². The molecule has 1 rings (SSSR count). The molecule has 0 fully saturated rings. The average molecular weight is 202 g/mol. The largest absolute Gasteiger partial charge is 0.402 e. The van der Waals surface area contributed by atoms with Crippen LogP contribution in [0.5, 0.6) is 0 Å². The fourth-order valence-corrected chi connectivity index (χ4v) is 2.21. The van der Waals surface area contributed by atoms with Gasteiger partial charge in [-0.1, -0.05) is 12.2 Å². The Bertz CT molecular complexity index is 330. The highest BCUT2D eigenvalue weighted by molar-refractivity contribution is 7.89. The third-order valence-electron chi connectivity index (χ3n) is 1.94. The summed E-state index contributed by atoms with van der Waals surface area (Å²) in [6.07, 6.45) is 6.08. The summed E-state index contributed by atoms with van der Waals surface area (Å²) in [5.74, 6) is 0.108. The van der Waals surface area contributed by atoms with Gasteiger partial charge in [0.25, 0.3) is 0 Å². The topological polar surface area (TPSA) is 72.2 Å². The van der Waals surface area contributed by atoms with E-state index in [-0.39, 0.29) is 11.7 Å². The smallest absolute Gasteiger partial charge is 0.211 e. The van der Waals surface area contributed by atoms with Crippen LogP contribution in [-0.2, 0) is 10.0 Å². The molecule has 5 heteroatoms. The van der Waals surface area contributed by atoms with Crippen LogP contribution in [0.25, 0.3) is 0 Å². The fourth-order valence-electron chi connectivity index (χ4n) is 1.25. The van der Waals surface area contributed by atoms with Gasteiger partial charge in [-0.25, -0.2) is 13.1 Å². The van der Waals surface area contributed by atoms with Gasteiger partial charge in [-0.15, -0.1) is 0 Å². The minimum Gasteiger partial charge on any atom is -0.402 e. The molecule has 0 heterocycles. The summed E-state index contributed by atoms with van der Waals surface area (Å²) in [5.41, 5.74) is 6.32. The fraction of sp³-hybridized carbons (Fsp3) is 0.500. The minimum absolute atomic E-state index is 0.00227. The number of hydrogen-bond donors (Lipinski definition) is 2. The summed E-state index contributed by atoms with van der Waals surface area (Å²) in [7, 11) is -1.71. The van der Waals surface area contributed by atoms with Crippen molar-refractivity contribution in [3.05, 3.63) is 23.9 Å². The highest BCUT2D eigenvalue weighted by atomic mass is 32.2. The van der Waals surface area contributed by atoms with Crippen LogP contribution >= 0.6 is 0 Å². The third kappa shape index (κ3) is 3.20. The summed E-state index contributed by atoms with van der Waals surface area (Å²) >= 11 is 0. The molecule has 74 valence electrons. The molecule has 4 nitrogen and oxygen atoms in total. The molecule has 0 radical (unpaired) electrons. The van der Waals surface area contributed by atoms with Gasteiger partial charge in [-0.2, -0.15) is 0 Å². The molecule has 0 amide bonds. The Kier molecular flexibility index (Phi) is 3.11. The molecule has 0 spiro atoms. The highest BCUT2D eigenvalue weighted by Crippen LogP contribution is 2.16. The summed E-state index contributed by atoms with van der Waals surface area (Å²) in [4.78, 5) is 0. The lowest BCUT2D eigenvalue weighted by atomic mass is 10.0. The first kappa shape index (κ1) is 10.3. The van der Waals surface area contributed by atoms with Crippen molar-refractivity contribution in [2.45, 2.75) is 6.42 Å². The molecule has 0 saturated carbocycles.